The van der Waals surface area contributed by atoms with Crippen LogP contribution >= 0.6 is 0 Å². The van der Waals surface area contributed by atoms with Gasteiger partial charge in [0.25, 0.3) is 0 Å². The predicted octanol–water partition coefficient (Wildman–Crippen LogP) is 2.62. The van der Waals surface area contributed by atoms with Crippen molar-refractivity contribution in [2.45, 2.75) is 32.0 Å². The third kappa shape index (κ3) is 5.13. The minimum absolute atomic E-state index is 0.0628. The van der Waals surface area contributed by atoms with E-state index in [1.54, 1.807) is 12.1 Å². The molecule has 1 aliphatic carbocycles. The van der Waals surface area contributed by atoms with Gasteiger partial charge in [0.05, 0.1) is 0 Å². The monoisotopic (exact) mass is 330 g/mol. The van der Waals surface area contributed by atoms with E-state index in [9.17, 15) is 18.0 Å². The molecule has 128 valence electrons. The number of nitrogens with one attached hydrogen (secondary N) is 1. The lowest BCUT2D eigenvalue weighted by atomic mass is 9.95. The van der Waals surface area contributed by atoms with E-state index < -0.39 is 6.36 Å². The molecule has 0 unspecified atom stereocenters. The van der Waals surface area contributed by atoms with Crippen molar-refractivity contribution in [3.8, 4) is 5.75 Å². The van der Waals surface area contributed by atoms with Gasteiger partial charge in [0.15, 0.2) is 0 Å². The van der Waals surface area contributed by atoms with Gasteiger partial charge in [-0.2, -0.15) is 0 Å². The second-order valence-electron chi connectivity index (χ2n) is 5.73. The molecule has 3 N–H and O–H groups in total. The van der Waals surface area contributed by atoms with Crippen LogP contribution in [0.1, 0.15) is 24.8 Å². The van der Waals surface area contributed by atoms with E-state index in [4.69, 9.17) is 5.73 Å². The van der Waals surface area contributed by atoms with Crippen LogP contribution in [0.2, 0.25) is 0 Å². The fraction of sp³-hybridized carbons (Fsp3) is 0.562. The molecule has 2 rings (SSSR count). The second-order valence-corrected chi connectivity index (χ2v) is 5.73. The van der Waals surface area contributed by atoms with Crippen LogP contribution in [0.15, 0.2) is 24.3 Å². The Morgan fingerprint density at radius 3 is 2.74 bits per heavy atom. The van der Waals surface area contributed by atoms with Gasteiger partial charge in [-0.15, -0.1) is 13.2 Å². The first-order chi connectivity index (χ1) is 10.9. The van der Waals surface area contributed by atoms with Crippen LogP contribution in [0.25, 0.3) is 0 Å². The van der Waals surface area contributed by atoms with Crippen molar-refractivity contribution in [2.75, 3.05) is 13.1 Å². The van der Waals surface area contributed by atoms with Gasteiger partial charge in [-0.1, -0.05) is 24.6 Å². The van der Waals surface area contributed by atoms with Crippen molar-refractivity contribution < 1.29 is 22.7 Å². The lowest BCUT2D eigenvalue weighted by Crippen LogP contribution is -2.36. The van der Waals surface area contributed by atoms with E-state index in [1.165, 1.54) is 12.1 Å². The van der Waals surface area contributed by atoms with E-state index in [0.29, 0.717) is 12.1 Å². The van der Waals surface area contributed by atoms with Crippen LogP contribution in [0, 0.1) is 11.8 Å². The van der Waals surface area contributed by atoms with E-state index >= 15 is 0 Å². The number of alkyl halides is 3. The number of hydrogen-bond donors (Lipinski definition) is 2. The smallest absolute Gasteiger partial charge is 0.406 e. The molecule has 0 saturated heterocycles. The van der Waals surface area contributed by atoms with Gasteiger partial charge < -0.3 is 15.8 Å². The number of amides is 1. The van der Waals surface area contributed by atoms with Gasteiger partial charge in [0.1, 0.15) is 5.75 Å². The lowest BCUT2D eigenvalue weighted by Gasteiger charge is -2.18. The van der Waals surface area contributed by atoms with Crippen molar-refractivity contribution in [3.05, 3.63) is 29.8 Å². The summed E-state index contributed by atoms with van der Waals surface area (Å²) in [6.07, 6.45) is -1.68. The first kappa shape index (κ1) is 17.6. The quantitative estimate of drug-likeness (QED) is 0.843. The summed E-state index contributed by atoms with van der Waals surface area (Å²) in [6.45, 7) is 0.755. The number of hydrogen-bond acceptors (Lipinski definition) is 3. The highest BCUT2D eigenvalue weighted by atomic mass is 19.4. The standard InChI is InChI=1S/C16H21F3N2O2/c17-16(18,19)23-14-7-2-1-4-11(14)8-9-21-15(22)13-6-3-5-12(13)10-20/h1-2,4,7,12-13H,3,5-6,8-10,20H2,(H,21,22)/t12-,13-/m1/s1. The van der Waals surface area contributed by atoms with Crippen molar-refractivity contribution in [1.29, 1.82) is 0 Å². The third-order valence-electron chi connectivity index (χ3n) is 4.19. The number of halogens is 3. The number of ether oxygens (including phenoxy) is 1. The van der Waals surface area contributed by atoms with E-state index in [-0.39, 0.29) is 36.5 Å². The van der Waals surface area contributed by atoms with Gasteiger partial charge in [0, 0.05) is 12.5 Å². The summed E-state index contributed by atoms with van der Waals surface area (Å²) in [7, 11) is 0. The highest BCUT2D eigenvalue weighted by molar-refractivity contribution is 5.79. The number of nitrogens with two attached hydrogens (primary N) is 1. The Morgan fingerprint density at radius 2 is 2.04 bits per heavy atom. The van der Waals surface area contributed by atoms with E-state index in [0.717, 1.165) is 19.3 Å². The number of carbonyl (C=O) groups excluding carboxylic acids is 1. The van der Waals surface area contributed by atoms with Gasteiger partial charge in [0.2, 0.25) is 5.91 Å². The van der Waals surface area contributed by atoms with Gasteiger partial charge in [-0.25, -0.2) is 0 Å². The van der Waals surface area contributed by atoms with Crippen molar-refractivity contribution in [2.24, 2.45) is 17.6 Å². The molecule has 0 aromatic heterocycles. The Hall–Kier alpha value is -1.76. The van der Waals surface area contributed by atoms with Crippen molar-refractivity contribution in [1.82, 2.24) is 5.32 Å². The number of carbonyl (C=O) groups is 1. The highest BCUT2D eigenvalue weighted by Crippen LogP contribution is 2.31. The summed E-state index contributed by atoms with van der Waals surface area (Å²) >= 11 is 0. The summed E-state index contributed by atoms with van der Waals surface area (Å²) in [5.41, 5.74) is 6.07. The summed E-state index contributed by atoms with van der Waals surface area (Å²) in [6, 6.07) is 5.95. The lowest BCUT2D eigenvalue weighted by molar-refractivity contribution is -0.274. The van der Waals surface area contributed by atoms with Crippen LogP contribution in [-0.2, 0) is 11.2 Å². The van der Waals surface area contributed by atoms with Crippen molar-refractivity contribution >= 4 is 5.91 Å². The summed E-state index contributed by atoms with van der Waals surface area (Å²) in [5, 5.41) is 2.80. The largest absolute Gasteiger partial charge is 0.573 e. The van der Waals surface area contributed by atoms with E-state index in [2.05, 4.69) is 10.1 Å². The zero-order valence-corrected chi connectivity index (χ0v) is 12.7. The van der Waals surface area contributed by atoms with Crippen LogP contribution < -0.4 is 15.8 Å². The molecule has 23 heavy (non-hydrogen) atoms. The molecule has 1 fully saturated rings. The Labute approximate surface area is 133 Å². The Balaban J connectivity index is 1.88. The average Bonchev–Trinajstić information content (AvgIpc) is 2.96. The maximum absolute atomic E-state index is 12.4. The molecule has 0 aliphatic heterocycles. The van der Waals surface area contributed by atoms with Gasteiger partial charge >= 0.3 is 6.36 Å². The molecule has 0 bridgehead atoms. The fourth-order valence-electron chi connectivity index (χ4n) is 3.05. The highest BCUT2D eigenvalue weighted by Gasteiger charge is 2.33. The molecule has 1 aromatic rings. The normalized spacial score (nSPS) is 21.2. The molecular weight excluding hydrogens is 309 g/mol. The molecule has 1 aromatic carbocycles. The van der Waals surface area contributed by atoms with Crippen LogP contribution in [0.4, 0.5) is 13.2 Å². The Kier molecular flexibility index (Phi) is 5.87. The average molecular weight is 330 g/mol. The molecule has 0 heterocycles. The minimum Gasteiger partial charge on any atom is -0.406 e. The SMILES string of the molecule is NC[C@H]1CCC[C@H]1C(=O)NCCc1ccccc1OC(F)(F)F. The first-order valence-electron chi connectivity index (χ1n) is 7.72. The fourth-order valence-corrected chi connectivity index (χ4v) is 3.05. The molecule has 7 heteroatoms. The minimum atomic E-state index is -4.72. The van der Waals surface area contributed by atoms with E-state index in [1.807, 2.05) is 0 Å². The first-order valence-corrected chi connectivity index (χ1v) is 7.72. The molecule has 0 radical (unpaired) electrons. The molecule has 1 saturated carbocycles. The van der Waals surface area contributed by atoms with Crippen LogP contribution in [0.3, 0.4) is 0 Å². The Bertz CT molecular complexity index is 534. The number of benzene rings is 1. The van der Waals surface area contributed by atoms with Crippen LogP contribution in [0.5, 0.6) is 5.75 Å². The Morgan fingerprint density at radius 1 is 1.30 bits per heavy atom. The molecule has 0 spiro atoms. The third-order valence-corrected chi connectivity index (χ3v) is 4.19. The topological polar surface area (TPSA) is 64.4 Å². The maximum Gasteiger partial charge on any atom is 0.573 e. The molecule has 1 amide bonds. The number of para-hydroxylation sites is 1. The number of rotatable bonds is 6. The van der Waals surface area contributed by atoms with Crippen molar-refractivity contribution in [3.63, 3.8) is 0 Å². The zero-order chi connectivity index (χ0) is 16.9. The second kappa shape index (κ2) is 7.68. The predicted molar refractivity (Wildman–Crippen MR) is 79.7 cm³/mol. The summed E-state index contributed by atoms with van der Waals surface area (Å²) in [4.78, 5) is 12.1. The zero-order valence-electron chi connectivity index (χ0n) is 12.7. The molecule has 1 aliphatic rings. The summed E-state index contributed by atoms with van der Waals surface area (Å²) in [5.74, 6) is -0.167. The molecular formula is C16H21F3N2O2. The summed E-state index contributed by atoms with van der Waals surface area (Å²) < 4.78 is 41.1. The maximum atomic E-state index is 12.4. The van der Waals surface area contributed by atoms with Crippen LogP contribution in [-0.4, -0.2) is 25.4 Å². The van der Waals surface area contributed by atoms with Gasteiger partial charge in [-0.3, -0.25) is 4.79 Å². The molecule has 4 nitrogen and oxygen atoms in total. The van der Waals surface area contributed by atoms with Gasteiger partial charge in [-0.05, 0) is 43.4 Å². The molecule has 2 atom stereocenters.